The Morgan fingerprint density at radius 3 is 1.16 bits per heavy atom. The molecule has 1 unspecified atom stereocenters. The number of amides is 3. The topological polar surface area (TPSA) is 126 Å². The minimum absolute atomic E-state index is 0.299. The predicted octanol–water partition coefficient (Wildman–Crippen LogP) is 12.4. The van der Waals surface area contributed by atoms with Crippen molar-refractivity contribution in [3.63, 3.8) is 0 Å². The number of urea groups is 1. The van der Waals surface area contributed by atoms with E-state index in [1.807, 2.05) is 25.7 Å². The van der Waals surface area contributed by atoms with Gasteiger partial charge >= 0.3 is 20.8 Å². The Morgan fingerprint density at radius 1 is 0.509 bits per heavy atom. The lowest BCUT2D eigenvalue weighted by Gasteiger charge is -2.29. The van der Waals surface area contributed by atoms with Gasteiger partial charge in [-0.1, -0.05) is 181 Å². The van der Waals surface area contributed by atoms with Crippen molar-refractivity contribution < 1.29 is 32.8 Å². The lowest BCUT2D eigenvalue weighted by atomic mass is 10.0. The van der Waals surface area contributed by atoms with E-state index in [-0.39, 0.29) is 5.91 Å². The van der Waals surface area contributed by atoms with Crippen molar-refractivity contribution in [3.05, 3.63) is 0 Å². The van der Waals surface area contributed by atoms with Gasteiger partial charge in [0.1, 0.15) is 6.04 Å². The summed E-state index contributed by atoms with van der Waals surface area (Å²) in [5, 5.41) is 15.2. The summed E-state index contributed by atoms with van der Waals surface area (Å²) < 4.78 is 17.7. The van der Waals surface area contributed by atoms with Crippen LogP contribution in [0.25, 0.3) is 0 Å². The van der Waals surface area contributed by atoms with E-state index in [2.05, 4.69) is 24.5 Å². The quantitative estimate of drug-likeness (QED) is 0.0412. The van der Waals surface area contributed by atoms with Crippen LogP contribution in [0.4, 0.5) is 4.79 Å². The molecule has 0 radical (unpaired) electrons. The van der Waals surface area contributed by atoms with Gasteiger partial charge in [0.25, 0.3) is 0 Å². The van der Waals surface area contributed by atoms with E-state index in [0.717, 1.165) is 38.5 Å². The number of carboxylic acid groups (broad SMARTS) is 1. The molecule has 0 saturated carbocycles. The number of aliphatic carboxylic acids is 1. The predicted molar refractivity (Wildman–Crippen MR) is 240 cm³/mol. The van der Waals surface area contributed by atoms with Crippen molar-refractivity contribution >= 4 is 26.7 Å². The molecular formula is C46H93N3O7Si. The maximum absolute atomic E-state index is 13.9. The molecule has 0 spiro atoms. The number of carbonyl (C=O) groups excluding carboxylic acids is 2. The summed E-state index contributed by atoms with van der Waals surface area (Å²) in [6.45, 7) is 13.2. The van der Waals surface area contributed by atoms with Gasteiger partial charge in [0.05, 0.1) is 6.42 Å². The SMILES string of the molecule is CCCCCCCCCCCCCCCCN(CCCCCCCCCCCCCCCC)C(=O)C(CC(=O)O)NC(=O)NCCC[Si](OCC)(OCC)OCC. The van der Waals surface area contributed by atoms with Crippen LogP contribution in [0.5, 0.6) is 0 Å². The lowest BCUT2D eigenvalue weighted by molar-refractivity contribution is -0.142. The first-order valence-corrected chi connectivity index (χ1v) is 26.2. The molecule has 10 nitrogen and oxygen atoms in total. The Bertz CT molecular complexity index is 879. The zero-order valence-corrected chi connectivity index (χ0v) is 39.1. The minimum Gasteiger partial charge on any atom is -0.481 e. The fraction of sp³-hybridized carbons (Fsp3) is 0.935. The highest BCUT2D eigenvalue weighted by Crippen LogP contribution is 2.19. The summed E-state index contributed by atoms with van der Waals surface area (Å²) in [7, 11) is -2.84. The molecule has 0 bridgehead atoms. The molecule has 1 atom stereocenters. The number of hydrogen-bond donors (Lipinski definition) is 3. The fourth-order valence-corrected chi connectivity index (χ4v) is 10.3. The molecule has 0 aromatic heterocycles. The molecule has 0 aliphatic heterocycles. The van der Waals surface area contributed by atoms with Crippen molar-refractivity contribution in [1.29, 1.82) is 0 Å². The third-order valence-corrected chi connectivity index (χ3v) is 14.0. The van der Waals surface area contributed by atoms with Gasteiger partial charge in [0.2, 0.25) is 5.91 Å². The van der Waals surface area contributed by atoms with Crippen LogP contribution in [0.3, 0.4) is 0 Å². The number of unbranched alkanes of at least 4 members (excludes halogenated alkanes) is 26. The molecule has 57 heavy (non-hydrogen) atoms. The summed E-state index contributed by atoms with van der Waals surface area (Å²) in [4.78, 5) is 40.6. The van der Waals surface area contributed by atoms with Crippen molar-refractivity contribution in [1.82, 2.24) is 15.5 Å². The highest BCUT2D eigenvalue weighted by Gasteiger charge is 2.39. The van der Waals surface area contributed by atoms with E-state index in [1.54, 1.807) is 0 Å². The Morgan fingerprint density at radius 2 is 0.842 bits per heavy atom. The molecule has 0 aliphatic carbocycles. The largest absolute Gasteiger partial charge is 0.500 e. The molecule has 0 aromatic carbocycles. The van der Waals surface area contributed by atoms with Crippen molar-refractivity contribution in [2.24, 2.45) is 0 Å². The van der Waals surface area contributed by atoms with Crippen LogP contribution >= 0.6 is 0 Å². The zero-order chi connectivity index (χ0) is 42.1. The van der Waals surface area contributed by atoms with Crippen molar-refractivity contribution in [3.8, 4) is 0 Å². The second-order valence-electron chi connectivity index (χ2n) is 16.2. The van der Waals surface area contributed by atoms with Crippen LogP contribution in [0, 0.1) is 0 Å². The molecule has 11 heteroatoms. The zero-order valence-electron chi connectivity index (χ0n) is 38.1. The van der Waals surface area contributed by atoms with E-state index < -0.39 is 33.3 Å². The van der Waals surface area contributed by atoms with Gasteiger partial charge < -0.3 is 33.9 Å². The molecule has 0 saturated heterocycles. The van der Waals surface area contributed by atoms with Crippen LogP contribution in [-0.2, 0) is 22.9 Å². The Hall–Kier alpha value is -1.69. The van der Waals surface area contributed by atoms with Gasteiger partial charge in [-0.15, -0.1) is 0 Å². The Kier molecular flexibility index (Phi) is 39.8. The van der Waals surface area contributed by atoms with Crippen LogP contribution in [-0.4, -0.2) is 82.2 Å². The maximum atomic E-state index is 13.9. The van der Waals surface area contributed by atoms with Gasteiger partial charge in [-0.3, -0.25) is 9.59 Å². The van der Waals surface area contributed by atoms with E-state index in [9.17, 15) is 19.5 Å². The van der Waals surface area contributed by atoms with Crippen molar-refractivity contribution in [2.45, 2.75) is 239 Å². The summed E-state index contributed by atoms with van der Waals surface area (Å²) in [6, 6.07) is -1.12. The summed E-state index contributed by atoms with van der Waals surface area (Å²) >= 11 is 0. The molecular weight excluding hydrogens is 735 g/mol. The molecule has 3 amide bonds. The number of carbonyl (C=O) groups is 3. The second kappa shape index (κ2) is 41.1. The second-order valence-corrected chi connectivity index (χ2v) is 18.9. The third kappa shape index (κ3) is 33.8. The Labute approximate surface area is 352 Å². The summed E-state index contributed by atoms with van der Waals surface area (Å²) in [5.41, 5.74) is 0. The fourth-order valence-electron chi connectivity index (χ4n) is 7.64. The average molecular weight is 828 g/mol. The summed E-state index contributed by atoms with van der Waals surface area (Å²) in [6.07, 6.45) is 35.6. The molecule has 0 fully saturated rings. The lowest BCUT2D eigenvalue weighted by Crippen LogP contribution is -2.52. The minimum atomic E-state index is -2.84. The average Bonchev–Trinajstić information content (AvgIpc) is 3.18. The van der Waals surface area contributed by atoms with Crippen LogP contribution in [0.2, 0.25) is 6.04 Å². The molecule has 3 N–H and O–H groups in total. The molecule has 0 heterocycles. The van der Waals surface area contributed by atoms with Gasteiger partial charge in [0, 0.05) is 45.5 Å². The normalized spacial score (nSPS) is 12.2. The smallest absolute Gasteiger partial charge is 0.481 e. The number of rotatable bonds is 44. The van der Waals surface area contributed by atoms with E-state index in [1.165, 1.54) is 141 Å². The Balaban J connectivity index is 4.96. The van der Waals surface area contributed by atoms with Gasteiger partial charge in [-0.25, -0.2) is 4.79 Å². The molecule has 338 valence electrons. The van der Waals surface area contributed by atoms with Crippen LogP contribution < -0.4 is 10.6 Å². The monoisotopic (exact) mass is 828 g/mol. The first-order valence-electron chi connectivity index (χ1n) is 24.3. The standard InChI is InChI=1S/C46H93N3O7Si/c1-6-11-13-15-17-19-21-23-25-27-29-31-33-35-39-49(40-36-34-32-30-28-26-24-22-20-18-16-14-12-7-2)45(52)43(42-44(50)51)48-46(53)47-38-37-41-57(54-8-3,55-9-4)56-10-5/h43H,6-42H2,1-5H3,(H,50,51)(H2,47,48,53). The first kappa shape index (κ1) is 55.3. The van der Waals surface area contributed by atoms with E-state index >= 15 is 0 Å². The third-order valence-electron chi connectivity index (χ3n) is 10.9. The number of nitrogens with zero attached hydrogens (tertiary/aromatic N) is 1. The van der Waals surface area contributed by atoms with E-state index in [4.69, 9.17) is 13.3 Å². The maximum Gasteiger partial charge on any atom is 0.500 e. The van der Waals surface area contributed by atoms with Gasteiger partial charge in [0.15, 0.2) is 0 Å². The van der Waals surface area contributed by atoms with Gasteiger partial charge in [-0.05, 0) is 40.0 Å². The highest BCUT2D eigenvalue weighted by atomic mass is 28.4. The van der Waals surface area contributed by atoms with Gasteiger partial charge in [-0.2, -0.15) is 0 Å². The van der Waals surface area contributed by atoms with Crippen molar-refractivity contribution in [2.75, 3.05) is 39.5 Å². The molecule has 0 aromatic rings. The van der Waals surface area contributed by atoms with E-state index in [0.29, 0.717) is 51.9 Å². The number of carboxylic acids is 1. The molecule has 0 rings (SSSR count). The highest BCUT2D eigenvalue weighted by molar-refractivity contribution is 6.60. The number of nitrogens with one attached hydrogen (secondary N) is 2. The molecule has 0 aliphatic rings. The van der Waals surface area contributed by atoms with Crippen LogP contribution in [0.1, 0.15) is 227 Å². The first-order chi connectivity index (χ1) is 27.8. The summed E-state index contributed by atoms with van der Waals surface area (Å²) in [5.74, 6) is -1.41. The number of hydrogen-bond acceptors (Lipinski definition) is 6. The van der Waals surface area contributed by atoms with Crippen LogP contribution in [0.15, 0.2) is 0 Å².